The number of hydrogen-bond acceptors (Lipinski definition) is 2. The number of carbonyl (C=O) groups is 1. The van der Waals surface area contributed by atoms with Gasteiger partial charge >= 0.3 is 0 Å². The molecular formula is C13H19BrN2O. The molecule has 0 bridgehead atoms. The largest absolute Gasteiger partial charge is 0.352 e. The van der Waals surface area contributed by atoms with Gasteiger partial charge in [0.15, 0.2) is 0 Å². The maximum Gasteiger partial charge on any atom is 0.251 e. The molecular weight excluding hydrogens is 280 g/mol. The highest BCUT2D eigenvalue weighted by atomic mass is 79.9. The third-order valence-electron chi connectivity index (χ3n) is 2.71. The lowest BCUT2D eigenvalue weighted by Gasteiger charge is -2.15. The first-order valence-corrected chi connectivity index (χ1v) is 7.14. The van der Waals surface area contributed by atoms with E-state index in [1.54, 1.807) is 24.5 Å². The zero-order valence-electron chi connectivity index (χ0n) is 10.2. The van der Waals surface area contributed by atoms with Crippen LogP contribution in [0, 0.1) is 5.92 Å². The summed E-state index contributed by atoms with van der Waals surface area (Å²) in [5, 5.41) is 3.97. The van der Waals surface area contributed by atoms with Crippen LogP contribution >= 0.6 is 15.9 Å². The molecule has 0 aliphatic carbocycles. The first-order chi connectivity index (χ1) is 8.27. The van der Waals surface area contributed by atoms with Crippen molar-refractivity contribution in [2.24, 2.45) is 5.92 Å². The van der Waals surface area contributed by atoms with E-state index >= 15 is 0 Å². The molecule has 1 aromatic rings. The summed E-state index contributed by atoms with van der Waals surface area (Å²) in [7, 11) is 0. The van der Waals surface area contributed by atoms with E-state index in [0.717, 1.165) is 31.1 Å². The molecule has 0 saturated heterocycles. The van der Waals surface area contributed by atoms with Crippen molar-refractivity contribution in [2.45, 2.75) is 26.2 Å². The van der Waals surface area contributed by atoms with Gasteiger partial charge in [0.2, 0.25) is 0 Å². The van der Waals surface area contributed by atoms with Crippen LogP contribution in [0.3, 0.4) is 0 Å². The molecule has 1 heterocycles. The molecule has 94 valence electrons. The van der Waals surface area contributed by atoms with Crippen molar-refractivity contribution in [3.8, 4) is 0 Å². The summed E-state index contributed by atoms with van der Waals surface area (Å²) in [6, 6.07) is 3.46. The number of nitrogens with one attached hydrogen (secondary N) is 1. The summed E-state index contributed by atoms with van der Waals surface area (Å²) >= 11 is 3.45. The van der Waals surface area contributed by atoms with Crippen molar-refractivity contribution in [1.82, 2.24) is 10.3 Å². The molecule has 0 radical (unpaired) electrons. The van der Waals surface area contributed by atoms with Gasteiger partial charge in [0.25, 0.3) is 5.91 Å². The SMILES string of the molecule is CCCC(CCBr)CNC(=O)c1ccncc1. The normalized spacial score (nSPS) is 12.1. The van der Waals surface area contributed by atoms with Gasteiger partial charge < -0.3 is 5.32 Å². The summed E-state index contributed by atoms with van der Waals surface area (Å²) in [6.07, 6.45) is 6.68. The zero-order valence-corrected chi connectivity index (χ0v) is 11.7. The Morgan fingerprint density at radius 1 is 1.41 bits per heavy atom. The maximum absolute atomic E-state index is 11.8. The third-order valence-corrected chi connectivity index (χ3v) is 3.17. The molecule has 0 aliphatic rings. The Hall–Kier alpha value is -0.900. The van der Waals surface area contributed by atoms with Crippen molar-refractivity contribution < 1.29 is 4.79 Å². The molecule has 0 spiro atoms. The number of aromatic nitrogens is 1. The fourth-order valence-corrected chi connectivity index (χ4v) is 2.40. The van der Waals surface area contributed by atoms with Crippen LogP contribution in [0.4, 0.5) is 0 Å². The van der Waals surface area contributed by atoms with E-state index in [2.05, 4.69) is 33.2 Å². The molecule has 17 heavy (non-hydrogen) atoms. The van der Waals surface area contributed by atoms with E-state index in [9.17, 15) is 4.79 Å². The molecule has 1 aromatic heterocycles. The summed E-state index contributed by atoms with van der Waals surface area (Å²) < 4.78 is 0. The minimum absolute atomic E-state index is 0.0110. The van der Waals surface area contributed by atoms with Gasteiger partial charge in [0, 0.05) is 29.8 Å². The minimum Gasteiger partial charge on any atom is -0.352 e. The molecule has 0 aromatic carbocycles. The predicted molar refractivity (Wildman–Crippen MR) is 73.4 cm³/mol. The minimum atomic E-state index is -0.0110. The van der Waals surface area contributed by atoms with E-state index in [4.69, 9.17) is 0 Å². The van der Waals surface area contributed by atoms with E-state index < -0.39 is 0 Å². The van der Waals surface area contributed by atoms with Crippen molar-refractivity contribution >= 4 is 21.8 Å². The molecule has 3 nitrogen and oxygen atoms in total. The Kier molecular flexibility index (Phi) is 6.86. The topological polar surface area (TPSA) is 42.0 Å². The van der Waals surface area contributed by atoms with Gasteiger partial charge in [0.05, 0.1) is 0 Å². The first kappa shape index (κ1) is 14.2. The van der Waals surface area contributed by atoms with Crippen LogP contribution in [0.5, 0.6) is 0 Å². The highest BCUT2D eigenvalue weighted by molar-refractivity contribution is 9.09. The fraction of sp³-hybridized carbons (Fsp3) is 0.538. The lowest BCUT2D eigenvalue weighted by atomic mass is 10.0. The Morgan fingerprint density at radius 2 is 2.12 bits per heavy atom. The highest BCUT2D eigenvalue weighted by Gasteiger charge is 2.10. The van der Waals surface area contributed by atoms with Gasteiger partial charge in [-0.25, -0.2) is 0 Å². The smallest absolute Gasteiger partial charge is 0.251 e. The quantitative estimate of drug-likeness (QED) is 0.786. The number of carbonyl (C=O) groups excluding carboxylic acids is 1. The number of halogens is 1. The average Bonchev–Trinajstić information content (AvgIpc) is 2.37. The monoisotopic (exact) mass is 298 g/mol. The van der Waals surface area contributed by atoms with Gasteiger partial charge in [0.1, 0.15) is 0 Å². The Morgan fingerprint density at radius 3 is 2.71 bits per heavy atom. The van der Waals surface area contributed by atoms with Crippen LogP contribution in [0.1, 0.15) is 36.5 Å². The number of nitrogens with zero attached hydrogens (tertiary/aromatic N) is 1. The van der Waals surface area contributed by atoms with E-state index in [0.29, 0.717) is 11.5 Å². The molecule has 4 heteroatoms. The Bertz CT molecular complexity index is 323. The van der Waals surface area contributed by atoms with Gasteiger partial charge in [-0.2, -0.15) is 0 Å². The lowest BCUT2D eigenvalue weighted by molar-refractivity contribution is 0.0946. The molecule has 1 unspecified atom stereocenters. The third kappa shape index (κ3) is 5.31. The van der Waals surface area contributed by atoms with E-state index in [-0.39, 0.29) is 5.91 Å². The second-order valence-electron chi connectivity index (χ2n) is 4.08. The second-order valence-corrected chi connectivity index (χ2v) is 4.87. The van der Waals surface area contributed by atoms with Gasteiger partial charge in [-0.15, -0.1) is 0 Å². The zero-order chi connectivity index (χ0) is 12.5. The molecule has 0 fully saturated rings. The molecule has 1 N–H and O–H groups in total. The number of hydrogen-bond donors (Lipinski definition) is 1. The van der Waals surface area contributed by atoms with Crippen molar-refractivity contribution in [1.29, 1.82) is 0 Å². The van der Waals surface area contributed by atoms with Crippen molar-refractivity contribution in [2.75, 3.05) is 11.9 Å². The van der Waals surface area contributed by atoms with E-state index in [1.807, 2.05) is 0 Å². The Labute approximate surface area is 111 Å². The summed E-state index contributed by atoms with van der Waals surface area (Å²) in [6.45, 7) is 2.92. The summed E-state index contributed by atoms with van der Waals surface area (Å²) in [5.74, 6) is 0.549. The van der Waals surface area contributed by atoms with Crippen LogP contribution in [0.25, 0.3) is 0 Å². The van der Waals surface area contributed by atoms with E-state index in [1.165, 1.54) is 0 Å². The standard InChI is InChI=1S/C13H19BrN2O/c1-2-3-11(4-7-14)10-16-13(17)12-5-8-15-9-6-12/h5-6,8-9,11H,2-4,7,10H2,1H3,(H,16,17). The Balaban J connectivity index is 2.41. The predicted octanol–water partition coefficient (Wildman–Crippen LogP) is 3.01. The van der Waals surface area contributed by atoms with Crippen LogP contribution in [0.2, 0.25) is 0 Å². The maximum atomic E-state index is 11.8. The van der Waals surface area contributed by atoms with Crippen LogP contribution in [-0.2, 0) is 0 Å². The van der Waals surface area contributed by atoms with Crippen molar-refractivity contribution in [3.63, 3.8) is 0 Å². The number of pyridine rings is 1. The first-order valence-electron chi connectivity index (χ1n) is 6.02. The van der Waals surface area contributed by atoms with Crippen LogP contribution < -0.4 is 5.32 Å². The number of alkyl halides is 1. The van der Waals surface area contributed by atoms with Gasteiger partial charge in [-0.3, -0.25) is 9.78 Å². The fourth-order valence-electron chi connectivity index (χ4n) is 1.75. The average molecular weight is 299 g/mol. The second kappa shape index (κ2) is 8.23. The summed E-state index contributed by atoms with van der Waals surface area (Å²) in [5.41, 5.74) is 0.675. The molecule has 1 amide bonds. The molecule has 1 atom stereocenters. The molecule has 0 saturated carbocycles. The summed E-state index contributed by atoms with van der Waals surface area (Å²) in [4.78, 5) is 15.7. The number of amides is 1. The molecule has 0 aliphatic heterocycles. The van der Waals surface area contributed by atoms with Gasteiger partial charge in [-0.1, -0.05) is 29.3 Å². The number of rotatable bonds is 7. The molecule has 1 rings (SSSR count). The lowest BCUT2D eigenvalue weighted by Crippen LogP contribution is -2.29. The van der Waals surface area contributed by atoms with Crippen LogP contribution in [-0.4, -0.2) is 22.8 Å². The van der Waals surface area contributed by atoms with Crippen molar-refractivity contribution in [3.05, 3.63) is 30.1 Å². The van der Waals surface area contributed by atoms with Gasteiger partial charge in [-0.05, 0) is 30.9 Å². The highest BCUT2D eigenvalue weighted by Crippen LogP contribution is 2.11. The van der Waals surface area contributed by atoms with Crippen LogP contribution in [0.15, 0.2) is 24.5 Å².